The summed E-state index contributed by atoms with van der Waals surface area (Å²) >= 11 is 0. The van der Waals surface area contributed by atoms with Crippen molar-refractivity contribution in [3.05, 3.63) is 47.2 Å². The topological polar surface area (TPSA) is 27.8 Å². The normalized spacial score (nSPS) is 14.8. The third-order valence-corrected chi connectivity index (χ3v) is 3.75. The van der Waals surface area contributed by atoms with E-state index in [-0.39, 0.29) is 0 Å². The maximum atomic E-state index is 3.56. The van der Waals surface area contributed by atoms with Gasteiger partial charge in [0, 0.05) is 30.9 Å². The van der Waals surface area contributed by atoms with Crippen LogP contribution in [0.25, 0.3) is 11.3 Å². The molecule has 94 valence electrons. The van der Waals surface area contributed by atoms with Crippen molar-refractivity contribution >= 4 is 0 Å². The van der Waals surface area contributed by atoms with Crippen LogP contribution in [0.5, 0.6) is 0 Å². The van der Waals surface area contributed by atoms with Crippen LogP contribution in [0, 0.1) is 0 Å². The van der Waals surface area contributed by atoms with Crippen LogP contribution in [0.3, 0.4) is 0 Å². The van der Waals surface area contributed by atoms with Crippen molar-refractivity contribution < 1.29 is 0 Å². The zero-order valence-electron chi connectivity index (χ0n) is 11.1. The minimum atomic E-state index is 0.597. The molecule has 2 aromatic rings. The average molecular weight is 240 g/mol. The van der Waals surface area contributed by atoms with Crippen molar-refractivity contribution in [2.45, 2.75) is 32.7 Å². The van der Waals surface area contributed by atoms with E-state index in [1.165, 1.54) is 28.1 Å². The molecule has 0 amide bonds. The highest BCUT2D eigenvalue weighted by Crippen LogP contribution is 2.25. The number of aromatic amines is 1. The molecular weight excluding hydrogens is 220 g/mol. The lowest BCUT2D eigenvalue weighted by Crippen LogP contribution is -2.22. The molecule has 1 aliphatic heterocycles. The van der Waals surface area contributed by atoms with E-state index in [1.54, 1.807) is 0 Å². The fourth-order valence-electron chi connectivity index (χ4n) is 2.56. The average Bonchev–Trinajstić information content (AvgIpc) is 2.82. The Balaban J connectivity index is 1.92. The minimum absolute atomic E-state index is 0.597. The summed E-state index contributed by atoms with van der Waals surface area (Å²) in [6.45, 7) is 6.54. The lowest BCUT2D eigenvalue weighted by molar-refractivity contribution is 0.638. The highest BCUT2D eigenvalue weighted by Gasteiger charge is 2.12. The second-order valence-corrected chi connectivity index (χ2v) is 5.39. The van der Waals surface area contributed by atoms with E-state index in [9.17, 15) is 0 Å². The van der Waals surface area contributed by atoms with Gasteiger partial charge in [0.05, 0.1) is 0 Å². The molecule has 3 rings (SSSR count). The molecule has 0 aliphatic carbocycles. The van der Waals surface area contributed by atoms with E-state index in [0.29, 0.717) is 5.92 Å². The van der Waals surface area contributed by atoms with Gasteiger partial charge in [0.15, 0.2) is 0 Å². The second kappa shape index (κ2) is 4.62. The molecule has 2 nitrogen and oxygen atoms in total. The molecular formula is C16H20N2. The predicted molar refractivity (Wildman–Crippen MR) is 75.7 cm³/mol. The largest absolute Gasteiger partial charge is 0.358 e. The minimum Gasteiger partial charge on any atom is -0.358 e. The number of hydrogen-bond donors (Lipinski definition) is 2. The number of H-pyrrole nitrogens is 1. The Kier molecular flexibility index (Phi) is 2.96. The molecule has 0 atom stereocenters. The third-order valence-electron chi connectivity index (χ3n) is 3.75. The molecule has 0 saturated heterocycles. The van der Waals surface area contributed by atoms with Crippen molar-refractivity contribution in [2.75, 3.05) is 6.54 Å². The Morgan fingerprint density at radius 3 is 2.56 bits per heavy atom. The lowest BCUT2D eigenvalue weighted by atomic mass is 10.0. The van der Waals surface area contributed by atoms with Crippen LogP contribution >= 0.6 is 0 Å². The number of aromatic nitrogens is 1. The Morgan fingerprint density at radius 2 is 1.89 bits per heavy atom. The highest BCUT2D eigenvalue weighted by atomic mass is 14.9. The number of rotatable bonds is 2. The van der Waals surface area contributed by atoms with Gasteiger partial charge < -0.3 is 10.3 Å². The summed E-state index contributed by atoms with van der Waals surface area (Å²) in [5.41, 5.74) is 6.76. The lowest BCUT2D eigenvalue weighted by Gasteiger charge is -2.11. The molecule has 0 bridgehead atoms. The molecule has 1 aromatic carbocycles. The van der Waals surface area contributed by atoms with E-state index < -0.39 is 0 Å². The number of hydrogen-bond acceptors (Lipinski definition) is 1. The zero-order valence-corrected chi connectivity index (χ0v) is 11.1. The molecule has 0 spiro atoms. The summed E-state index contributed by atoms with van der Waals surface area (Å²) in [6, 6.07) is 11.2. The molecule has 2 heteroatoms. The van der Waals surface area contributed by atoms with Gasteiger partial charge in [-0.15, -0.1) is 0 Å². The van der Waals surface area contributed by atoms with E-state index in [1.807, 2.05) is 0 Å². The smallest absolute Gasteiger partial charge is 0.0459 e. The van der Waals surface area contributed by atoms with Gasteiger partial charge in [0.2, 0.25) is 0 Å². The Morgan fingerprint density at radius 1 is 1.11 bits per heavy atom. The van der Waals surface area contributed by atoms with Crippen LogP contribution in [-0.2, 0) is 13.0 Å². The van der Waals surface area contributed by atoms with Crippen molar-refractivity contribution in [3.63, 3.8) is 0 Å². The van der Waals surface area contributed by atoms with Crippen LogP contribution in [0.4, 0.5) is 0 Å². The Hall–Kier alpha value is -1.54. The maximum Gasteiger partial charge on any atom is 0.0459 e. The first kappa shape index (κ1) is 11.5. The monoisotopic (exact) mass is 240 g/mol. The molecule has 2 N–H and O–H groups in total. The zero-order chi connectivity index (χ0) is 12.5. The summed E-state index contributed by atoms with van der Waals surface area (Å²) in [7, 11) is 0. The third kappa shape index (κ3) is 2.08. The summed E-state index contributed by atoms with van der Waals surface area (Å²) in [5.74, 6) is 0.597. The number of fused-ring (bicyclic) bond motifs is 1. The van der Waals surface area contributed by atoms with Crippen LogP contribution in [0.2, 0.25) is 0 Å². The van der Waals surface area contributed by atoms with Gasteiger partial charge in [-0.25, -0.2) is 0 Å². The molecule has 2 heterocycles. The summed E-state index contributed by atoms with van der Waals surface area (Å²) in [6.07, 6.45) is 1.11. The van der Waals surface area contributed by atoms with Crippen molar-refractivity contribution in [2.24, 2.45) is 0 Å². The van der Waals surface area contributed by atoms with Crippen molar-refractivity contribution in [1.29, 1.82) is 0 Å². The van der Waals surface area contributed by atoms with Crippen LogP contribution in [0.1, 0.15) is 36.6 Å². The predicted octanol–water partition coefficient (Wildman–Crippen LogP) is 3.45. The van der Waals surface area contributed by atoms with Crippen LogP contribution < -0.4 is 5.32 Å². The van der Waals surface area contributed by atoms with E-state index >= 15 is 0 Å². The van der Waals surface area contributed by atoms with E-state index in [2.05, 4.69) is 54.5 Å². The molecule has 1 aromatic heterocycles. The molecule has 0 radical (unpaired) electrons. The van der Waals surface area contributed by atoms with Gasteiger partial charge in [-0.2, -0.15) is 0 Å². The number of nitrogens with one attached hydrogen (secondary N) is 2. The Labute approximate surface area is 108 Å². The first-order valence-electron chi connectivity index (χ1n) is 6.76. The van der Waals surface area contributed by atoms with Gasteiger partial charge in [-0.3, -0.25) is 0 Å². The molecule has 0 unspecified atom stereocenters. The molecule has 18 heavy (non-hydrogen) atoms. The van der Waals surface area contributed by atoms with Crippen LogP contribution in [-0.4, -0.2) is 11.5 Å². The Bertz CT molecular complexity index is 511. The first-order chi connectivity index (χ1) is 8.74. The fraction of sp³-hybridized carbons (Fsp3) is 0.375. The summed E-state index contributed by atoms with van der Waals surface area (Å²) < 4.78 is 0. The van der Waals surface area contributed by atoms with Gasteiger partial charge in [-0.05, 0) is 28.7 Å². The second-order valence-electron chi connectivity index (χ2n) is 5.39. The summed E-state index contributed by atoms with van der Waals surface area (Å²) in [4.78, 5) is 3.56. The standard InChI is InChI=1S/C16H20N2/c1-11(2)12-3-5-13(6-4-12)16-9-14-10-17-8-7-15(14)18-16/h3-6,9,11,17-18H,7-8,10H2,1-2H3. The van der Waals surface area contributed by atoms with Gasteiger partial charge in [0.1, 0.15) is 0 Å². The quantitative estimate of drug-likeness (QED) is 0.826. The van der Waals surface area contributed by atoms with Gasteiger partial charge >= 0.3 is 0 Å². The molecule has 0 saturated carbocycles. The van der Waals surface area contributed by atoms with Crippen molar-refractivity contribution in [1.82, 2.24) is 10.3 Å². The van der Waals surface area contributed by atoms with E-state index in [4.69, 9.17) is 0 Å². The first-order valence-corrected chi connectivity index (χ1v) is 6.76. The highest BCUT2D eigenvalue weighted by molar-refractivity contribution is 5.62. The van der Waals surface area contributed by atoms with E-state index in [0.717, 1.165) is 19.5 Å². The van der Waals surface area contributed by atoms with Gasteiger partial charge in [-0.1, -0.05) is 38.1 Å². The fourth-order valence-corrected chi connectivity index (χ4v) is 2.56. The van der Waals surface area contributed by atoms with Crippen LogP contribution in [0.15, 0.2) is 30.3 Å². The SMILES string of the molecule is CC(C)c1ccc(-c2cc3c([nH]2)CCNC3)cc1. The van der Waals surface area contributed by atoms with Crippen molar-refractivity contribution in [3.8, 4) is 11.3 Å². The molecule has 1 aliphatic rings. The number of benzene rings is 1. The maximum absolute atomic E-state index is 3.56. The van der Waals surface area contributed by atoms with Gasteiger partial charge in [0.25, 0.3) is 0 Å². The summed E-state index contributed by atoms with van der Waals surface area (Å²) in [5, 5.41) is 3.41. The molecule has 0 fully saturated rings.